The Balaban J connectivity index is 3.92. The van der Waals surface area contributed by atoms with Gasteiger partial charge in [0.25, 0.3) is 0 Å². The average Bonchev–Trinajstić information content (AvgIpc) is 2.27. The molecule has 3 amide bonds. The Labute approximate surface area is 109 Å². The maximum absolute atomic E-state index is 11.3. The van der Waals surface area contributed by atoms with Crippen LogP contribution in [0.3, 0.4) is 0 Å². The molecule has 0 bridgehead atoms. The van der Waals surface area contributed by atoms with Crippen molar-refractivity contribution in [2.45, 2.75) is 12.5 Å². The monoisotopic (exact) mass is 273 g/mol. The minimum Gasteiger partial charge on any atom is -0.480 e. The number of carboxylic acids is 1. The number of nitrogens with one attached hydrogen (secondary N) is 2. The Kier molecular flexibility index (Phi) is 8.22. The fourth-order valence-electron chi connectivity index (χ4n) is 0.978. The molecule has 0 aliphatic carbocycles. The number of urea groups is 1. The number of carbonyl (C=O) groups excluding carboxylic acids is 2. The molecule has 7 nitrogen and oxygen atoms in total. The lowest BCUT2D eigenvalue weighted by Gasteiger charge is -2.13. The molecule has 100 valence electrons. The van der Waals surface area contributed by atoms with Crippen LogP contribution in [0.15, 0.2) is 0 Å². The van der Waals surface area contributed by atoms with Crippen molar-refractivity contribution in [3.63, 3.8) is 0 Å². The van der Waals surface area contributed by atoms with Gasteiger partial charge in [-0.1, -0.05) is 5.92 Å². The molecule has 18 heavy (non-hydrogen) atoms. The molecular weight excluding hydrogens is 258 g/mol. The number of nitrogens with two attached hydrogens (primary N) is 1. The second kappa shape index (κ2) is 9.18. The van der Waals surface area contributed by atoms with Crippen LogP contribution < -0.4 is 16.4 Å². The summed E-state index contributed by atoms with van der Waals surface area (Å²) in [6.45, 7) is 0.348. The third-order valence-corrected chi connectivity index (χ3v) is 2.59. The van der Waals surface area contributed by atoms with Gasteiger partial charge in [-0.05, 0) is 0 Å². The van der Waals surface area contributed by atoms with Gasteiger partial charge in [0, 0.05) is 12.3 Å². The van der Waals surface area contributed by atoms with Gasteiger partial charge in [-0.15, -0.1) is 18.2 Å². The molecule has 5 N–H and O–H groups in total. The molecule has 0 aliphatic heterocycles. The van der Waals surface area contributed by atoms with Crippen LogP contribution in [0, 0.1) is 12.3 Å². The summed E-state index contributed by atoms with van der Waals surface area (Å²) in [6.07, 6.45) is 4.59. The zero-order chi connectivity index (χ0) is 14.0. The Hall–Kier alpha value is -1.88. The highest BCUT2D eigenvalue weighted by Gasteiger charge is 2.21. The summed E-state index contributed by atoms with van der Waals surface area (Å²) in [5.74, 6) is 1.48. The Morgan fingerprint density at radius 3 is 2.61 bits per heavy atom. The van der Waals surface area contributed by atoms with Crippen molar-refractivity contribution in [2.24, 2.45) is 5.73 Å². The topological polar surface area (TPSA) is 122 Å². The van der Waals surface area contributed by atoms with E-state index in [-0.39, 0.29) is 0 Å². The highest BCUT2D eigenvalue weighted by Crippen LogP contribution is 1.95. The molecule has 0 saturated carbocycles. The molecule has 0 aromatic heterocycles. The van der Waals surface area contributed by atoms with Crippen LogP contribution in [0.25, 0.3) is 0 Å². The number of carboxylic acid groups (broad SMARTS) is 1. The van der Waals surface area contributed by atoms with E-state index in [1.807, 2.05) is 0 Å². The van der Waals surface area contributed by atoms with E-state index in [2.05, 4.69) is 16.6 Å². The molecule has 0 radical (unpaired) electrons. The van der Waals surface area contributed by atoms with Crippen LogP contribution in [0.4, 0.5) is 4.79 Å². The smallest absolute Gasteiger partial charge is 0.326 e. The SMILES string of the molecule is C#CCSCCNC(=O)N[C@@H](CC(N)=O)C(=O)O. The number of hydrogen-bond acceptors (Lipinski definition) is 4. The standard InChI is InChI=1S/C10H15N3O4S/c1-2-4-18-5-3-12-10(17)13-7(9(15)16)6-8(11)14/h1,7H,3-6H2,(H2,11,14)(H,15,16)(H2,12,13,17)/t7-/m0/s1. The summed E-state index contributed by atoms with van der Waals surface area (Å²) in [7, 11) is 0. The Morgan fingerprint density at radius 1 is 1.44 bits per heavy atom. The van der Waals surface area contributed by atoms with Crippen molar-refractivity contribution in [1.82, 2.24) is 10.6 Å². The van der Waals surface area contributed by atoms with Crippen LogP contribution in [0.2, 0.25) is 0 Å². The average molecular weight is 273 g/mol. The van der Waals surface area contributed by atoms with Gasteiger partial charge in [0.2, 0.25) is 5.91 Å². The van der Waals surface area contributed by atoms with E-state index in [0.717, 1.165) is 0 Å². The molecule has 0 rings (SSSR count). The molecule has 8 heteroatoms. The van der Waals surface area contributed by atoms with E-state index in [1.54, 1.807) is 0 Å². The van der Waals surface area contributed by atoms with Gasteiger partial charge in [-0.3, -0.25) is 4.79 Å². The molecule has 1 atom stereocenters. The summed E-state index contributed by atoms with van der Waals surface area (Å²) in [5.41, 5.74) is 4.87. The quantitative estimate of drug-likeness (QED) is 0.333. The van der Waals surface area contributed by atoms with E-state index >= 15 is 0 Å². The minimum atomic E-state index is -1.32. The van der Waals surface area contributed by atoms with Crippen LogP contribution in [-0.4, -0.2) is 47.1 Å². The molecule has 0 saturated heterocycles. The molecule has 0 fully saturated rings. The fourth-order valence-corrected chi connectivity index (χ4v) is 1.49. The summed E-state index contributed by atoms with van der Waals surface area (Å²) in [6, 6.07) is -1.98. The second-order valence-corrected chi connectivity index (χ2v) is 4.32. The number of carbonyl (C=O) groups is 3. The highest BCUT2D eigenvalue weighted by atomic mass is 32.2. The van der Waals surface area contributed by atoms with Crippen molar-refractivity contribution in [3.8, 4) is 12.3 Å². The van der Waals surface area contributed by atoms with Crippen molar-refractivity contribution < 1.29 is 19.5 Å². The normalized spacial score (nSPS) is 11.1. The Bertz CT molecular complexity index is 354. The van der Waals surface area contributed by atoms with E-state index in [1.165, 1.54) is 11.8 Å². The molecule has 0 unspecified atom stereocenters. The van der Waals surface area contributed by atoms with Crippen LogP contribution >= 0.6 is 11.8 Å². The van der Waals surface area contributed by atoms with Crippen LogP contribution in [0.1, 0.15) is 6.42 Å². The number of terminal acetylenes is 1. The first-order chi connectivity index (χ1) is 8.47. The number of thioether (sulfide) groups is 1. The lowest BCUT2D eigenvalue weighted by molar-refractivity contribution is -0.140. The van der Waals surface area contributed by atoms with E-state index in [4.69, 9.17) is 17.3 Å². The van der Waals surface area contributed by atoms with Gasteiger partial charge in [-0.2, -0.15) is 0 Å². The first kappa shape index (κ1) is 16.1. The molecule has 0 aromatic rings. The zero-order valence-corrected chi connectivity index (χ0v) is 10.5. The Morgan fingerprint density at radius 2 is 2.11 bits per heavy atom. The van der Waals surface area contributed by atoms with E-state index < -0.39 is 30.4 Å². The lowest BCUT2D eigenvalue weighted by atomic mass is 10.2. The van der Waals surface area contributed by atoms with Crippen LogP contribution in [0.5, 0.6) is 0 Å². The van der Waals surface area contributed by atoms with E-state index in [0.29, 0.717) is 18.1 Å². The molecule has 0 aliphatic rings. The third-order valence-electron chi connectivity index (χ3n) is 1.73. The van der Waals surface area contributed by atoms with Gasteiger partial charge in [0.1, 0.15) is 6.04 Å². The highest BCUT2D eigenvalue weighted by molar-refractivity contribution is 7.99. The largest absolute Gasteiger partial charge is 0.480 e. The van der Waals surface area contributed by atoms with Crippen LogP contribution in [-0.2, 0) is 9.59 Å². The number of rotatable bonds is 8. The van der Waals surface area contributed by atoms with E-state index in [9.17, 15) is 14.4 Å². The van der Waals surface area contributed by atoms with Crippen molar-refractivity contribution in [2.75, 3.05) is 18.1 Å². The van der Waals surface area contributed by atoms with Gasteiger partial charge in [0.15, 0.2) is 0 Å². The minimum absolute atomic E-state index is 0.348. The number of hydrogen-bond donors (Lipinski definition) is 4. The van der Waals surface area contributed by atoms with Gasteiger partial charge in [0.05, 0.1) is 12.2 Å². The second-order valence-electron chi connectivity index (χ2n) is 3.22. The maximum atomic E-state index is 11.3. The summed E-state index contributed by atoms with van der Waals surface area (Å²) in [5, 5.41) is 13.3. The zero-order valence-electron chi connectivity index (χ0n) is 9.64. The maximum Gasteiger partial charge on any atom is 0.326 e. The summed E-state index contributed by atoms with van der Waals surface area (Å²) in [4.78, 5) is 32.6. The molecule has 0 heterocycles. The van der Waals surface area contributed by atoms with Gasteiger partial charge < -0.3 is 21.5 Å². The number of primary amides is 1. The fraction of sp³-hybridized carbons (Fsp3) is 0.500. The van der Waals surface area contributed by atoms with Gasteiger partial charge >= 0.3 is 12.0 Å². The number of aliphatic carboxylic acids is 1. The molecule has 0 aromatic carbocycles. The number of amides is 3. The van der Waals surface area contributed by atoms with Crippen molar-refractivity contribution in [3.05, 3.63) is 0 Å². The third kappa shape index (κ3) is 8.29. The first-order valence-electron chi connectivity index (χ1n) is 5.04. The lowest BCUT2D eigenvalue weighted by Crippen LogP contribution is -2.48. The van der Waals surface area contributed by atoms with Gasteiger partial charge in [-0.25, -0.2) is 9.59 Å². The predicted octanol–water partition coefficient (Wildman–Crippen LogP) is -1.02. The molecular formula is C10H15N3O4S. The predicted molar refractivity (Wildman–Crippen MR) is 67.9 cm³/mol. The van der Waals surface area contributed by atoms with Crippen molar-refractivity contribution >= 4 is 29.7 Å². The van der Waals surface area contributed by atoms with Crippen molar-refractivity contribution in [1.29, 1.82) is 0 Å². The molecule has 0 spiro atoms. The summed E-state index contributed by atoms with van der Waals surface area (Å²) >= 11 is 1.46. The first-order valence-corrected chi connectivity index (χ1v) is 6.19. The summed E-state index contributed by atoms with van der Waals surface area (Å²) < 4.78 is 0.